The van der Waals surface area contributed by atoms with Crippen molar-refractivity contribution in [3.63, 3.8) is 0 Å². The lowest BCUT2D eigenvalue weighted by atomic mass is 9.97. The number of hydrogen-bond donors (Lipinski definition) is 0. The van der Waals surface area contributed by atoms with Gasteiger partial charge in [-0.05, 0) is 25.0 Å². The second kappa shape index (κ2) is 2.87. The number of ketones is 1. The molecule has 0 bridgehead atoms. The van der Waals surface area contributed by atoms with Crippen molar-refractivity contribution in [3.8, 4) is 0 Å². The maximum absolute atomic E-state index is 11.4. The van der Waals surface area contributed by atoms with Crippen LogP contribution in [0.4, 0.5) is 0 Å². The van der Waals surface area contributed by atoms with E-state index in [1.54, 1.807) is 0 Å². The number of allylic oxidation sites excluding steroid dienone is 1. The van der Waals surface area contributed by atoms with Crippen LogP contribution in [0.3, 0.4) is 0 Å². The molecule has 1 heterocycles. The lowest BCUT2D eigenvalue weighted by molar-refractivity contribution is 0.0969. The number of carbonyl (C=O) groups is 1. The summed E-state index contributed by atoms with van der Waals surface area (Å²) in [6.07, 6.45) is 2.45. The van der Waals surface area contributed by atoms with Gasteiger partial charge in [-0.25, -0.2) is 0 Å². The number of Topliss-reactive ketones (excluding diaryl/α,β-unsaturated/α-hetero) is 1. The van der Waals surface area contributed by atoms with Crippen molar-refractivity contribution in [1.29, 1.82) is 0 Å². The molecule has 0 saturated carbocycles. The Morgan fingerprint density at radius 2 is 2.31 bits per heavy atom. The van der Waals surface area contributed by atoms with Crippen molar-refractivity contribution in [2.75, 3.05) is 0 Å². The molecular formula is C11H12O2. The monoisotopic (exact) mass is 176 g/mol. The summed E-state index contributed by atoms with van der Waals surface area (Å²) in [7, 11) is 0. The number of carbonyl (C=O) groups excluding carboxylic acids is 1. The van der Waals surface area contributed by atoms with Crippen molar-refractivity contribution < 1.29 is 9.21 Å². The van der Waals surface area contributed by atoms with Crippen LogP contribution < -0.4 is 0 Å². The van der Waals surface area contributed by atoms with Crippen molar-refractivity contribution in [3.05, 3.63) is 29.7 Å². The molecule has 0 unspecified atom stereocenters. The highest BCUT2D eigenvalue weighted by molar-refractivity contribution is 5.98. The summed E-state index contributed by atoms with van der Waals surface area (Å²) in [6.45, 7) is 5.67. The van der Waals surface area contributed by atoms with E-state index in [-0.39, 0.29) is 5.78 Å². The van der Waals surface area contributed by atoms with Gasteiger partial charge in [-0.3, -0.25) is 4.79 Å². The van der Waals surface area contributed by atoms with Gasteiger partial charge in [0.05, 0.1) is 5.56 Å². The van der Waals surface area contributed by atoms with Crippen LogP contribution in [0, 0.1) is 0 Å². The van der Waals surface area contributed by atoms with Gasteiger partial charge < -0.3 is 4.42 Å². The van der Waals surface area contributed by atoms with Crippen LogP contribution >= 0.6 is 0 Å². The lowest BCUT2D eigenvalue weighted by Crippen LogP contribution is -2.07. The summed E-state index contributed by atoms with van der Waals surface area (Å²) in [5.41, 5.74) is 1.64. The first-order chi connectivity index (χ1) is 6.18. The Bertz CT molecular complexity index is 371. The molecule has 1 aromatic rings. The normalized spacial score (nSPS) is 15.6. The van der Waals surface area contributed by atoms with Crippen molar-refractivity contribution >= 4 is 11.4 Å². The summed E-state index contributed by atoms with van der Waals surface area (Å²) >= 11 is 0. The Morgan fingerprint density at radius 3 is 2.92 bits per heavy atom. The van der Waals surface area contributed by atoms with Crippen LogP contribution in [0.15, 0.2) is 17.1 Å². The molecule has 0 aromatic carbocycles. The van der Waals surface area contributed by atoms with Gasteiger partial charge in [-0.2, -0.15) is 0 Å². The Kier molecular flexibility index (Phi) is 1.83. The second-order valence-corrected chi connectivity index (χ2v) is 3.50. The molecule has 2 heteroatoms. The fraction of sp³-hybridized carbons (Fsp3) is 0.364. The van der Waals surface area contributed by atoms with Crippen molar-refractivity contribution in [1.82, 2.24) is 0 Å². The molecule has 0 aliphatic heterocycles. The maximum atomic E-state index is 11.4. The van der Waals surface area contributed by atoms with Gasteiger partial charge in [0.1, 0.15) is 11.5 Å². The molecule has 1 aliphatic carbocycles. The zero-order chi connectivity index (χ0) is 9.42. The summed E-state index contributed by atoms with van der Waals surface area (Å²) in [6, 6.07) is 1.82. The first-order valence-corrected chi connectivity index (χ1v) is 4.50. The van der Waals surface area contributed by atoms with E-state index in [0.717, 1.165) is 35.5 Å². The molecule has 0 amide bonds. The highest BCUT2D eigenvalue weighted by Crippen LogP contribution is 2.27. The minimum absolute atomic E-state index is 0.206. The summed E-state index contributed by atoms with van der Waals surface area (Å²) in [5.74, 6) is 1.80. The molecule has 13 heavy (non-hydrogen) atoms. The molecule has 68 valence electrons. The van der Waals surface area contributed by atoms with Gasteiger partial charge >= 0.3 is 0 Å². The topological polar surface area (TPSA) is 30.2 Å². The van der Waals surface area contributed by atoms with Crippen LogP contribution in [0.2, 0.25) is 0 Å². The molecule has 0 fully saturated rings. The Labute approximate surface area is 77.2 Å². The van der Waals surface area contributed by atoms with E-state index in [1.807, 2.05) is 13.0 Å². The van der Waals surface area contributed by atoms with Crippen LogP contribution in [-0.4, -0.2) is 5.78 Å². The van der Waals surface area contributed by atoms with Gasteiger partial charge in [0.15, 0.2) is 5.78 Å². The third kappa shape index (κ3) is 1.32. The number of fused-ring (bicyclic) bond motifs is 1. The minimum atomic E-state index is 0.206. The van der Waals surface area contributed by atoms with E-state index >= 15 is 0 Å². The number of rotatable bonds is 1. The minimum Gasteiger partial charge on any atom is -0.461 e. The SMILES string of the molecule is C=C(C)c1cc2c(o1)CCCC2=O. The molecule has 1 aromatic heterocycles. The first-order valence-electron chi connectivity index (χ1n) is 4.50. The zero-order valence-electron chi connectivity index (χ0n) is 7.72. The fourth-order valence-corrected chi connectivity index (χ4v) is 1.60. The van der Waals surface area contributed by atoms with E-state index in [1.165, 1.54) is 0 Å². The van der Waals surface area contributed by atoms with E-state index in [9.17, 15) is 4.79 Å². The van der Waals surface area contributed by atoms with Gasteiger partial charge in [-0.1, -0.05) is 6.58 Å². The third-order valence-electron chi connectivity index (χ3n) is 2.34. The first kappa shape index (κ1) is 8.30. The average Bonchev–Trinajstić information content (AvgIpc) is 2.49. The van der Waals surface area contributed by atoms with Gasteiger partial charge in [-0.15, -0.1) is 0 Å². The Morgan fingerprint density at radius 1 is 1.54 bits per heavy atom. The molecule has 0 spiro atoms. The van der Waals surface area contributed by atoms with E-state index in [2.05, 4.69) is 6.58 Å². The third-order valence-corrected chi connectivity index (χ3v) is 2.34. The summed E-state index contributed by atoms with van der Waals surface area (Å²) < 4.78 is 5.52. The van der Waals surface area contributed by atoms with Crippen LogP contribution in [0.5, 0.6) is 0 Å². The van der Waals surface area contributed by atoms with E-state index < -0.39 is 0 Å². The van der Waals surface area contributed by atoms with Gasteiger partial charge in [0.2, 0.25) is 0 Å². The molecule has 0 atom stereocenters. The molecule has 0 saturated heterocycles. The number of furan rings is 1. The average molecular weight is 176 g/mol. The predicted molar refractivity (Wildman–Crippen MR) is 50.7 cm³/mol. The maximum Gasteiger partial charge on any atom is 0.166 e. The predicted octanol–water partition coefficient (Wildman–Crippen LogP) is 2.83. The highest BCUT2D eigenvalue weighted by Gasteiger charge is 2.21. The molecule has 0 radical (unpaired) electrons. The summed E-state index contributed by atoms with van der Waals surface area (Å²) in [4.78, 5) is 11.4. The molecule has 2 rings (SSSR count). The molecule has 1 aliphatic rings. The van der Waals surface area contributed by atoms with Crippen LogP contribution in [0.25, 0.3) is 5.57 Å². The van der Waals surface area contributed by atoms with Crippen LogP contribution in [-0.2, 0) is 6.42 Å². The molecular weight excluding hydrogens is 164 g/mol. The standard InChI is InChI=1S/C11H12O2/c1-7(2)11-6-8-9(12)4-3-5-10(8)13-11/h6H,1,3-5H2,2H3. The smallest absolute Gasteiger partial charge is 0.166 e. The number of hydrogen-bond acceptors (Lipinski definition) is 2. The Balaban J connectivity index is 2.48. The summed E-state index contributed by atoms with van der Waals surface area (Å²) in [5, 5.41) is 0. The van der Waals surface area contributed by atoms with Gasteiger partial charge in [0.25, 0.3) is 0 Å². The quantitative estimate of drug-likeness (QED) is 0.658. The van der Waals surface area contributed by atoms with Crippen molar-refractivity contribution in [2.45, 2.75) is 26.2 Å². The largest absolute Gasteiger partial charge is 0.461 e. The lowest BCUT2D eigenvalue weighted by Gasteiger charge is -2.06. The van der Waals surface area contributed by atoms with Crippen molar-refractivity contribution in [2.24, 2.45) is 0 Å². The zero-order valence-corrected chi connectivity index (χ0v) is 7.72. The fourth-order valence-electron chi connectivity index (χ4n) is 1.60. The van der Waals surface area contributed by atoms with Crippen LogP contribution in [0.1, 0.15) is 41.6 Å². The molecule has 2 nitrogen and oxygen atoms in total. The highest BCUT2D eigenvalue weighted by atomic mass is 16.3. The van der Waals surface area contributed by atoms with E-state index in [4.69, 9.17) is 4.42 Å². The number of aryl methyl sites for hydroxylation is 1. The Hall–Kier alpha value is -1.31. The van der Waals surface area contributed by atoms with E-state index in [0.29, 0.717) is 6.42 Å². The molecule has 0 N–H and O–H groups in total. The van der Waals surface area contributed by atoms with Gasteiger partial charge in [0, 0.05) is 12.8 Å². The second-order valence-electron chi connectivity index (χ2n) is 3.50.